The average Bonchev–Trinajstić information content (AvgIpc) is 2.28. The molecule has 1 aromatic carbocycles. The van der Waals surface area contributed by atoms with Crippen LogP contribution >= 0.6 is 0 Å². The predicted molar refractivity (Wildman–Crippen MR) is 56.0 cm³/mol. The van der Waals surface area contributed by atoms with Crippen molar-refractivity contribution in [2.45, 2.75) is 19.3 Å². The molecule has 1 aromatic rings. The van der Waals surface area contributed by atoms with E-state index in [1.54, 1.807) is 30.3 Å². The fraction of sp³-hybridized carbons (Fsp3) is 0.333. The topological polar surface area (TPSA) is 26.3 Å². The van der Waals surface area contributed by atoms with Crippen molar-refractivity contribution in [1.29, 1.82) is 0 Å². The summed E-state index contributed by atoms with van der Waals surface area (Å²) < 4.78 is 30.7. The highest BCUT2D eigenvalue weighted by molar-refractivity contribution is 5.77. The monoisotopic (exact) mass is 227 g/mol. The van der Waals surface area contributed by atoms with Gasteiger partial charge in [-0.05, 0) is 18.9 Å². The van der Waals surface area contributed by atoms with E-state index in [0.29, 0.717) is 5.56 Å². The van der Waals surface area contributed by atoms with Gasteiger partial charge < -0.3 is 4.74 Å². The molecule has 0 heterocycles. The van der Waals surface area contributed by atoms with Crippen LogP contribution in [0.4, 0.5) is 8.78 Å². The molecule has 0 amide bonds. The van der Waals surface area contributed by atoms with E-state index < -0.39 is 18.3 Å². The summed E-state index contributed by atoms with van der Waals surface area (Å²) >= 11 is 0. The van der Waals surface area contributed by atoms with E-state index in [0.717, 1.165) is 0 Å². The summed E-state index contributed by atoms with van der Waals surface area (Å²) in [6, 6.07) is 8.67. The Morgan fingerprint density at radius 1 is 1.38 bits per heavy atom. The lowest BCUT2D eigenvalue weighted by Crippen LogP contribution is -2.30. The lowest BCUT2D eigenvalue weighted by molar-refractivity contribution is -0.171. The molecule has 0 fully saturated rings. The zero-order chi connectivity index (χ0) is 12.0. The summed E-state index contributed by atoms with van der Waals surface area (Å²) in [5.74, 6) is -4.92. The molecule has 0 spiro atoms. The molecule has 87 valence electrons. The van der Waals surface area contributed by atoms with Crippen LogP contribution in [0, 0.1) is 6.42 Å². The minimum atomic E-state index is -3.45. The maximum Gasteiger partial charge on any atom is 0.376 e. The summed E-state index contributed by atoms with van der Waals surface area (Å²) in [5, 5.41) is 0. The SMILES string of the molecule is CCOC(=O)C(F)(F)C[CH]c1ccccc1. The maximum atomic E-state index is 13.2. The Kier molecular flexibility index (Phi) is 4.40. The fourth-order valence-corrected chi connectivity index (χ4v) is 1.16. The highest BCUT2D eigenvalue weighted by atomic mass is 19.3. The molecule has 0 aromatic heterocycles. The Balaban J connectivity index is 2.51. The lowest BCUT2D eigenvalue weighted by Gasteiger charge is -2.13. The molecule has 0 unspecified atom stereocenters. The van der Waals surface area contributed by atoms with Crippen LogP contribution in [-0.2, 0) is 9.53 Å². The molecule has 0 aliphatic rings. The molecule has 4 heteroatoms. The van der Waals surface area contributed by atoms with Crippen LogP contribution in [0.5, 0.6) is 0 Å². The number of benzene rings is 1. The van der Waals surface area contributed by atoms with Crippen molar-refractivity contribution in [3.05, 3.63) is 42.3 Å². The van der Waals surface area contributed by atoms with Gasteiger partial charge in [-0.25, -0.2) is 4.79 Å². The van der Waals surface area contributed by atoms with Crippen molar-refractivity contribution in [1.82, 2.24) is 0 Å². The lowest BCUT2D eigenvalue weighted by atomic mass is 10.1. The first-order valence-electron chi connectivity index (χ1n) is 4.99. The second-order valence-corrected chi connectivity index (χ2v) is 3.24. The van der Waals surface area contributed by atoms with Crippen LogP contribution < -0.4 is 0 Å². The second kappa shape index (κ2) is 5.58. The van der Waals surface area contributed by atoms with E-state index >= 15 is 0 Å². The van der Waals surface area contributed by atoms with Gasteiger partial charge in [0.25, 0.3) is 0 Å². The van der Waals surface area contributed by atoms with Gasteiger partial charge in [-0.15, -0.1) is 0 Å². The zero-order valence-electron chi connectivity index (χ0n) is 8.95. The Morgan fingerprint density at radius 3 is 2.56 bits per heavy atom. The van der Waals surface area contributed by atoms with Gasteiger partial charge in [0, 0.05) is 6.42 Å². The molecule has 16 heavy (non-hydrogen) atoms. The van der Waals surface area contributed by atoms with Crippen molar-refractivity contribution in [2.24, 2.45) is 0 Å². The molecular weight excluding hydrogens is 214 g/mol. The highest BCUT2D eigenvalue weighted by Gasteiger charge is 2.39. The van der Waals surface area contributed by atoms with Crippen LogP contribution in [0.3, 0.4) is 0 Å². The smallest absolute Gasteiger partial charge is 0.376 e. The summed E-state index contributed by atoms with van der Waals surface area (Å²) in [4.78, 5) is 10.9. The molecule has 0 aliphatic carbocycles. The van der Waals surface area contributed by atoms with Gasteiger partial charge in [0.15, 0.2) is 0 Å². The first-order chi connectivity index (χ1) is 7.56. The number of alkyl halides is 2. The molecule has 0 saturated carbocycles. The number of hydrogen-bond donors (Lipinski definition) is 0. The minimum absolute atomic E-state index is 0.0419. The Bertz CT molecular complexity index is 336. The Labute approximate surface area is 93.2 Å². The van der Waals surface area contributed by atoms with Crippen LogP contribution in [0.15, 0.2) is 30.3 Å². The number of carbonyl (C=O) groups is 1. The van der Waals surface area contributed by atoms with Crippen LogP contribution in [0.1, 0.15) is 18.9 Å². The fourth-order valence-electron chi connectivity index (χ4n) is 1.16. The molecule has 1 radical (unpaired) electrons. The van der Waals surface area contributed by atoms with Gasteiger partial charge in [-0.1, -0.05) is 30.3 Å². The second-order valence-electron chi connectivity index (χ2n) is 3.24. The van der Waals surface area contributed by atoms with Crippen LogP contribution in [0.2, 0.25) is 0 Å². The van der Waals surface area contributed by atoms with Crippen molar-refractivity contribution in [3.63, 3.8) is 0 Å². The van der Waals surface area contributed by atoms with Gasteiger partial charge in [-0.2, -0.15) is 8.78 Å². The summed E-state index contributed by atoms with van der Waals surface area (Å²) in [7, 11) is 0. The van der Waals surface area contributed by atoms with Crippen molar-refractivity contribution < 1.29 is 18.3 Å². The summed E-state index contributed by atoms with van der Waals surface area (Å²) in [5.41, 5.74) is 0.659. The van der Waals surface area contributed by atoms with E-state index in [4.69, 9.17) is 0 Å². The zero-order valence-corrected chi connectivity index (χ0v) is 8.95. The molecular formula is C12H13F2O2. The number of ether oxygens (including phenoxy) is 1. The predicted octanol–water partition coefficient (Wildman–Crippen LogP) is 2.83. The first-order valence-corrected chi connectivity index (χ1v) is 4.99. The van der Waals surface area contributed by atoms with Crippen LogP contribution in [-0.4, -0.2) is 18.5 Å². The van der Waals surface area contributed by atoms with Crippen molar-refractivity contribution in [2.75, 3.05) is 6.61 Å². The molecule has 1 rings (SSSR count). The van der Waals surface area contributed by atoms with Gasteiger partial charge in [0.1, 0.15) is 0 Å². The van der Waals surface area contributed by atoms with Gasteiger partial charge in [0.2, 0.25) is 0 Å². The number of hydrogen-bond acceptors (Lipinski definition) is 2. The maximum absolute atomic E-state index is 13.2. The van der Waals surface area contributed by atoms with Gasteiger partial charge in [-0.3, -0.25) is 0 Å². The standard InChI is InChI=1S/C12H13F2O2/c1-2-16-11(15)12(13,14)9-8-10-6-4-3-5-7-10/h3-8H,2,9H2,1H3. The van der Waals surface area contributed by atoms with E-state index in [9.17, 15) is 13.6 Å². The summed E-state index contributed by atoms with van der Waals surface area (Å²) in [6.07, 6.45) is 0.673. The third-order valence-corrected chi connectivity index (χ3v) is 1.97. The molecule has 2 nitrogen and oxygen atoms in total. The van der Waals surface area contributed by atoms with Crippen molar-refractivity contribution in [3.8, 4) is 0 Å². The molecule has 0 N–H and O–H groups in total. The van der Waals surface area contributed by atoms with E-state index in [-0.39, 0.29) is 6.61 Å². The quantitative estimate of drug-likeness (QED) is 0.723. The number of rotatable bonds is 5. The summed E-state index contributed by atoms with van der Waals surface area (Å²) in [6.45, 7) is 1.45. The third-order valence-electron chi connectivity index (χ3n) is 1.97. The van der Waals surface area contributed by atoms with Gasteiger partial charge >= 0.3 is 11.9 Å². The Hall–Kier alpha value is -1.45. The van der Waals surface area contributed by atoms with Crippen molar-refractivity contribution >= 4 is 5.97 Å². The first kappa shape index (κ1) is 12.6. The largest absolute Gasteiger partial charge is 0.462 e. The Morgan fingerprint density at radius 2 is 2.00 bits per heavy atom. The van der Waals surface area contributed by atoms with E-state index in [2.05, 4.69) is 4.74 Å². The number of halogens is 2. The molecule has 0 atom stereocenters. The third kappa shape index (κ3) is 3.61. The number of carbonyl (C=O) groups excluding carboxylic acids is 1. The minimum Gasteiger partial charge on any atom is -0.462 e. The average molecular weight is 227 g/mol. The molecule has 0 bridgehead atoms. The number of esters is 1. The molecule has 0 saturated heterocycles. The van der Waals surface area contributed by atoms with E-state index in [1.807, 2.05) is 0 Å². The van der Waals surface area contributed by atoms with Gasteiger partial charge in [0.05, 0.1) is 6.61 Å². The highest BCUT2D eigenvalue weighted by Crippen LogP contribution is 2.23. The van der Waals surface area contributed by atoms with E-state index in [1.165, 1.54) is 13.3 Å². The normalized spacial score (nSPS) is 11.2. The molecule has 0 aliphatic heterocycles. The van der Waals surface area contributed by atoms with Crippen LogP contribution in [0.25, 0.3) is 0 Å².